The molecule has 1 N–H and O–H groups in total. The lowest BCUT2D eigenvalue weighted by atomic mass is 10.0. The smallest absolute Gasteiger partial charge is 0.169 e. The van der Waals surface area contributed by atoms with Crippen molar-refractivity contribution in [1.29, 1.82) is 0 Å². The summed E-state index contributed by atoms with van der Waals surface area (Å²) in [4.78, 5) is 0. The molecule has 13 heavy (non-hydrogen) atoms. The van der Waals surface area contributed by atoms with E-state index in [1.165, 1.54) is 0 Å². The van der Waals surface area contributed by atoms with E-state index in [2.05, 4.69) is 0 Å². The van der Waals surface area contributed by atoms with Crippen LogP contribution in [0.5, 0.6) is 0 Å². The molecule has 2 atom stereocenters. The minimum Gasteiger partial charge on any atom is -0.393 e. The van der Waals surface area contributed by atoms with Gasteiger partial charge in [0.25, 0.3) is 0 Å². The fraction of sp³-hybridized carbons (Fsp3) is 1.00. The first-order chi connectivity index (χ1) is 6.27. The lowest BCUT2D eigenvalue weighted by molar-refractivity contribution is -0.156. The summed E-state index contributed by atoms with van der Waals surface area (Å²) in [5.41, 5.74) is 0. The lowest BCUT2D eigenvalue weighted by Gasteiger charge is -2.22. The van der Waals surface area contributed by atoms with E-state index in [9.17, 15) is 5.11 Å². The summed E-state index contributed by atoms with van der Waals surface area (Å²) < 4.78 is 11.3. The second-order valence-corrected chi connectivity index (χ2v) is 4.66. The Balaban J connectivity index is 1.73. The van der Waals surface area contributed by atoms with Crippen molar-refractivity contribution in [2.24, 2.45) is 11.8 Å². The second kappa shape index (κ2) is 2.69. The Labute approximate surface area is 78.0 Å². The van der Waals surface area contributed by atoms with E-state index < -0.39 is 0 Å². The summed E-state index contributed by atoms with van der Waals surface area (Å²) in [5, 5.41) is 9.48. The molecule has 2 aliphatic carbocycles. The highest BCUT2D eigenvalue weighted by atomic mass is 16.7. The highest BCUT2D eigenvalue weighted by Crippen LogP contribution is 2.51. The van der Waals surface area contributed by atoms with E-state index in [4.69, 9.17) is 9.47 Å². The summed E-state index contributed by atoms with van der Waals surface area (Å²) in [7, 11) is 0. The van der Waals surface area contributed by atoms with Gasteiger partial charge in [0.2, 0.25) is 0 Å². The molecule has 0 aromatic carbocycles. The maximum atomic E-state index is 9.48. The van der Waals surface area contributed by atoms with Crippen molar-refractivity contribution < 1.29 is 14.6 Å². The van der Waals surface area contributed by atoms with Crippen molar-refractivity contribution in [3.8, 4) is 0 Å². The highest BCUT2D eigenvalue weighted by Gasteiger charge is 2.52. The Morgan fingerprint density at radius 2 is 1.54 bits per heavy atom. The average Bonchev–Trinajstić information content (AvgIpc) is 2.67. The van der Waals surface area contributed by atoms with Crippen molar-refractivity contribution >= 4 is 0 Å². The van der Waals surface area contributed by atoms with Crippen LogP contribution < -0.4 is 0 Å². The van der Waals surface area contributed by atoms with Crippen molar-refractivity contribution in [3.63, 3.8) is 0 Å². The van der Waals surface area contributed by atoms with Gasteiger partial charge < -0.3 is 14.6 Å². The van der Waals surface area contributed by atoms with Crippen molar-refractivity contribution in [2.45, 2.75) is 37.6 Å². The van der Waals surface area contributed by atoms with Gasteiger partial charge in [0, 0.05) is 12.8 Å². The number of fused-ring (bicyclic) bond motifs is 1. The molecule has 3 aliphatic rings. The molecule has 3 nitrogen and oxygen atoms in total. The molecule has 3 heteroatoms. The summed E-state index contributed by atoms with van der Waals surface area (Å²) in [6.45, 7) is 1.50. The predicted molar refractivity (Wildman–Crippen MR) is 46.1 cm³/mol. The van der Waals surface area contributed by atoms with Crippen molar-refractivity contribution in [1.82, 2.24) is 0 Å². The van der Waals surface area contributed by atoms with Crippen LogP contribution in [-0.2, 0) is 9.47 Å². The predicted octanol–water partition coefficient (Wildman–Crippen LogP) is 0.910. The quantitative estimate of drug-likeness (QED) is 0.608. The normalized spacial score (nSPS) is 47.3. The zero-order chi connectivity index (χ0) is 8.89. The standard InChI is InChI=1S/C10H16O3/c11-9-3-7-5-10(6-8(7)4-9)12-1-2-13-10/h7-9,11H,1-6H2. The third-order valence-corrected chi connectivity index (χ3v) is 3.78. The Kier molecular flexibility index (Phi) is 1.70. The molecule has 1 aliphatic heterocycles. The molecule has 74 valence electrons. The molecule has 2 saturated carbocycles. The van der Waals surface area contributed by atoms with Gasteiger partial charge >= 0.3 is 0 Å². The zero-order valence-corrected chi connectivity index (χ0v) is 7.74. The van der Waals surface area contributed by atoms with E-state index in [0.29, 0.717) is 11.8 Å². The Hall–Kier alpha value is -0.120. The first-order valence-corrected chi connectivity index (χ1v) is 5.23. The molecular weight excluding hydrogens is 168 g/mol. The van der Waals surface area contributed by atoms with Gasteiger partial charge in [-0.15, -0.1) is 0 Å². The highest BCUT2D eigenvalue weighted by molar-refractivity contribution is 4.97. The van der Waals surface area contributed by atoms with Crippen LogP contribution in [-0.4, -0.2) is 30.2 Å². The molecule has 3 rings (SSSR count). The second-order valence-electron chi connectivity index (χ2n) is 4.66. The minimum atomic E-state index is -0.241. The molecule has 0 aromatic heterocycles. The van der Waals surface area contributed by atoms with Gasteiger partial charge in [-0.1, -0.05) is 0 Å². The van der Waals surface area contributed by atoms with Gasteiger partial charge in [0.15, 0.2) is 5.79 Å². The zero-order valence-electron chi connectivity index (χ0n) is 7.74. The van der Waals surface area contributed by atoms with Crippen LogP contribution in [0.2, 0.25) is 0 Å². The van der Waals surface area contributed by atoms with Crippen LogP contribution >= 0.6 is 0 Å². The van der Waals surface area contributed by atoms with Gasteiger partial charge in [-0.2, -0.15) is 0 Å². The Morgan fingerprint density at radius 1 is 1.00 bits per heavy atom. The van der Waals surface area contributed by atoms with E-state index in [-0.39, 0.29) is 11.9 Å². The third kappa shape index (κ3) is 1.22. The fourth-order valence-corrected chi connectivity index (χ4v) is 3.30. The van der Waals surface area contributed by atoms with Crippen molar-refractivity contribution in [3.05, 3.63) is 0 Å². The number of aliphatic hydroxyl groups is 1. The molecule has 1 spiro atoms. The van der Waals surface area contributed by atoms with Crippen molar-refractivity contribution in [2.75, 3.05) is 13.2 Å². The lowest BCUT2D eigenvalue weighted by Crippen LogP contribution is -2.27. The van der Waals surface area contributed by atoms with E-state index in [1.54, 1.807) is 0 Å². The van der Waals surface area contributed by atoms with E-state index in [0.717, 1.165) is 38.9 Å². The molecule has 2 unspecified atom stereocenters. The molecule has 0 aromatic rings. The largest absolute Gasteiger partial charge is 0.393 e. The SMILES string of the molecule is OC1CC2CC3(CC2C1)OCCO3. The minimum absolute atomic E-state index is 0.0613. The van der Waals surface area contributed by atoms with Gasteiger partial charge in [-0.05, 0) is 24.7 Å². The number of hydrogen-bond donors (Lipinski definition) is 1. The van der Waals surface area contributed by atoms with Gasteiger partial charge in [-0.25, -0.2) is 0 Å². The molecule has 1 saturated heterocycles. The summed E-state index contributed by atoms with van der Waals surface area (Å²) >= 11 is 0. The first-order valence-electron chi connectivity index (χ1n) is 5.23. The van der Waals surface area contributed by atoms with Gasteiger partial charge in [-0.3, -0.25) is 0 Å². The van der Waals surface area contributed by atoms with Crippen LogP contribution in [0.3, 0.4) is 0 Å². The van der Waals surface area contributed by atoms with E-state index >= 15 is 0 Å². The number of hydrogen-bond acceptors (Lipinski definition) is 3. The summed E-state index contributed by atoms with van der Waals surface area (Å²) in [5.74, 6) is 1.05. The number of ether oxygens (including phenoxy) is 2. The van der Waals surface area contributed by atoms with Gasteiger partial charge in [0.05, 0.1) is 19.3 Å². The van der Waals surface area contributed by atoms with Crippen LogP contribution in [0.15, 0.2) is 0 Å². The first kappa shape index (κ1) is 8.21. The van der Waals surface area contributed by atoms with Crippen LogP contribution in [0.1, 0.15) is 25.7 Å². The van der Waals surface area contributed by atoms with E-state index in [1.807, 2.05) is 0 Å². The summed E-state index contributed by atoms with van der Waals surface area (Å²) in [6.07, 6.45) is 3.87. The fourth-order valence-electron chi connectivity index (χ4n) is 3.30. The Bertz CT molecular complexity index is 194. The Morgan fingerprint density at radius 3 is 2.08 bits per heavy atom. The molecule has 1 heterocycles. The number of rotatable bonds is 0. The molecule has 0 amide bonds. The maximum Gasteiger partial charge on any atom is 0.169 e. The molecular formula is C10H16O3. The monoisotopic (exact) mass is 184 g/mol. The molecule has 0 bridgehead atoms. The topological polar surface area (TPSA) is 38.7 Å². The van der Waals surface area contributed by atoms with Gasteiger partial charge in [0.1, 0.15) is 0 Å². The third-order valence-electron chi connectivity index (χ3n) is 3.78. The number of aliphatic hydroxyl groups excluding tert-OH is 1. The van der Waals surface area contributed by atoms with Crippen LogP contribution in [0.4, 0.5) is 0 Å². The van der Waals surface area contributed by atoms with Crippen LogP contribution in [0.25, 0.3) is 0 Å². The summed E-state index contributed by atoms with van der Waals surface area (Å²) in [6, 6.07) is 0. The molecule has 0 radical (unpaired) electrons. The maximum absolute atomic E-state index is 9.48. The average molecular weight is 184 g/mol. The molecule has 3 fully saturated rings. The van der Waals surface area contributed by atoms with Crippen LogP contribution in [0, 0.1) is 11.8 Å².